The Morgan fingerprint density at radius 1 is 1.56 bits per heavy atom. The zero-order valence-corrected chi connectivity index (χ0v) is 8.54. The first-order chi connectivity index (χ1) is 7.45. The van der Waals surface area contributed by atoms with Gasteiger partial charge < -0.3 is 9.84 Å². The maximum absolute atomic E-state index is 13.3. The van der Waals surface area contributed by atoms with Gasteiger partial charge in [0.05, 0.1) is 18.8 Å². The fourth-order valence-corrected chi connectivity index (χ4v) is 1.88. The summed E-state index contributed by atoms with van der Waals surface area (Å²) < 4.78 is 31.1. The van der Waals surface area contributed by atoms with E-state index in [9.17, 15) is 18.7 Å². The molecule has 1 aliphatic rings. The number of halogens is 2. The van der Waals surface area contributed by atoms with E-state index in [1.807, 2.05) is 0 Å². The van der Waals surface area contributed by atoms with Gasteiger partial charge in [-0.25, -0.2) is 13.6 Å². The van der Waals surface area contributed by atoms with Crippen LogP contribution in [0.5, 0.6) is 0 Å². The Kier molecular flexibility index (Phi) is 2.42. The lowest BCUT2D eigenvalue weighted by molar-refractivity contribution is -0.0294. The van der Waals surface area contributed by atoms with E-state index in [1.54, 1.807) is 0 Å². The van der Waals surface area contributed by atoms with Gasteiger partial charge in [0.25, 0.3) is 5.92 Å². The molecule has 0 unspecified atom stereocenters. The number of hydrogen-bond acceptors (Lipinski definition) is 3. The van der Waals surface area contributed by atoms with Gasteiger partial charge in [0.1, 0.15) is 0 Å². The average molecular weight is 228 g/mol. The Hall–Kier alpha value is -1.49. The van der Waals surface area contributed by atoms with Crippen LogP contribution >= 0.6 is 0 Å². The average Bonchev–Trinajstić information content (AvgIpc) is 2.48. The number of hydrogen-bond donors (Lipinski definition) is 1. The van der Waals surface area contributed by atoms with Crippen molar-refractivity contribution < 1.29 is 23.4 Å². The van der Waals surface area contributed by atoms with Gasteiger partial charge >= 0.3 is 5.97 Å². The van der Waals surface area contributed by atoms with Gasteiger partial charge in [-0.1, -0.05) is 6.07 Å². The Morgan fingerprint density at radius 3 is 2.88 bits per heavy atom. The molecule has 16 heavy (non-hydrogen) atoms. The second-order valence-electron chi connectivity index (χ2n) is 3.72. The van der Waals surface area contributed by atoms with Gasteiger partial charge in [0.2, 0.25) is 0 Å². The van der Waals surface area contributed by atoms with Gasteiger partial charge in [-0.3, -0.25) is 0 Å². The molecule has 1 aliphatic carbocycles. The number of aliphatic hydroxyl groups excluding tert-OH is 1. The number of aliphatic hydroxyl groups is 1. The molecule has 0 aromatic heterocycles. The summed E-state index contributed by atoms with van der Waals surface area (Å²) in [4.78, 5) is 11.2. The van der Waals surface area contributed by atoms with Crippen molar-refractivity contribution in [1.82, 2.24) is 0 Å². The van der Waals surface area contributed by atoms with Crippen LogP contribution in [0.25, 0.3) is 0 Å². The van der Waals surface area contributed by atoms with E-state index >= 15 is 0 Å². The van der Waals surface area contributed by atoms with Crippen molar-refractivity contribution in [3.63, 3.8) is 0 Å². The lowest BCUT2D eigenvalue weighted by Gasteiger charge is -2.09. The number of rotatable bonds is 1. The third-order valence-electron chi connectivity index (χ3n) is 2.68. The molecule has 0 radical (unpaired) electrons. The van der Waals surface area contributed by atoms with Gasteiger partial charge in [0, 0.05) is 12.0 Å². The lowest BCUT2D eigenvalue weighted by Crippen LogP contribution is -2.08. The van der Waals surface area contributed by atoms with Crippen LogP contribution in [0.3, 0.4) is 0 Å². The van der Waals surface area contributed by atoms with Gasteiger partial charge in [-0.05, 0) is 17.7 Å². The van der Waals surface area contributed by atoms with Crippen LogP contribution in [0.2, 0.25) is 0 Å². The molecular formula is C11H10F2O3. The number of ether oxygens (including phenoxy) is 1. The maximum Gasteiger partial charge on any atom is 0.337 e. The van der Waals surface area contributed by atoms with Crippen molar-refractivity contribution in [2.75, 3.05) is 7.11 Å². The predicted octanol–water partition coefficient (Wildman–Crippen LogP) is 2.00. The summed E-state index contributed by atoms with van der Waals surface area (Å²) in [5.74, 6) is -3.63. The molecule has 5 heteroatoms. The first-order valence-electron chi connectivity index (χ1n) is 4.74. The van der Waals surface area contributed by atoms with Crippen LogP contribution in [0.15, 0.2) is 18.2 Å². The van der Waals surface area contributed by atoms with E-state index in [-0.39, 0.29) is 16.7 Å². The van der Waals surface area contributed by atoms with Gasteiger partial charge in [-0.2, -0.15) is 0 Å². The normalized spacial score (nSPS) is 21.6. The van der Waals surface area contributed by atoms with Gasteiger partial charge in [0.15, 0.2) is 0 Å². The highest BCUT2D eigenvalue weighted by Gasteiger charge is 2.44. The minimum atomic E-state index is -3.02. The SMILES string of the molecule is COC(=O)c1ccc2c(c1)[C@H](O)CC2(F)F. The summed E-state index contributed by atoms with van der Waals surface area (Å²) in [6.07, 6.45) is -1.86. The van der Waals surface area contributed by atoms with Crippen molar-refractivity contribution in [2.24, 2.45) is 0 Å². The molecule has 1 atom stereocenters. The third kappa shape index (κ3) is 1.57. The topological polar surface area (TPSA) is 46.5 Å². The number of methoxy groups -OCH3 is 1. The summed E-state index contributed by atoms with van der Waals surface area (Å²) in [7, 11) is 1.21. The highest BCUT2D eigenvalue weighted by molar-refractivity contribution is 5.89. The Balaban J connectivity index is 2.48. The molecular weight excluding hydrogens is 218 g/mol. The molecule has 0 bridgehead atoms. The molecule has 0 fully saturated rings. The van der Waals surface area contributed by atoms with Crippen molar-refractivity contribution >= 4 is 5.97 Å². The molecule has 1 aromatic carbocycles. The number of carbonyl (C=O) groups excluding carboxylic acids is 1. The number of carbonyl (C=O) groups is 1. The van der Waals surface area contributed by atoms with E-state index in [1.165, 1.54) is 19.2 Å². The first-order valence-corrected chi connectivity index (χ1v) is 4.74. The van der Waals surface area contributed by atoms with Crippen LogP contribution in [0, 0.1) is 0 Å². The summed E-state index contributed by atoms with van der Waals surface area (Å²) in [6.45, 7) is 0. The van der Waals surface area contributed by atoms with Crippen LogP contribution < -0.4 is 0 Å². The largest absolute Gasteiger partial charge is 0.465 e. The molecule has 1 aromatic rings. The number of benzene rings is 1. The van der Waals surface area contributed by atoms with Crippen molar-refractivity contribution in [3.8, 4) is 0 Å². The Labute approximate surface area is 90.7 Å². The van der Waals surface area contributed by atoms with Crippen LogP contribution in [0.1, 0.15) is 34.0 Å². The van der Waals surface area contributed by atoms with E-state index in [4.69, 9.17) is 0 Å². The minimum Gasteiger partial charge on any atom is -0.465 e. The van der Waals surface area contributed by atoms with Crippen LogP contribution in [-0.2, 0) is 10.7 Å². The predicted molar refractivity (Wildman–Crippen MR) is 51.3 cm³/mol. The highest BCUT2D eigenvalue weighted by atomic mass is 19.3. The summed E-state index contributed by atoms with van der Waals surface area (Å²) in [5, 5.41) is 9.46. The molecule has 0 amide bonds. The maximum atomic E-state index is 13.3. The third-order valence-corrected chi connectivity index (χ3v) is 2.68. The summed E-state index contributed by atoms with van der Waals surface area (Å²) >= 11 is 0. The van der Waals surface area contributed by atoms with Crippen molar-refractivity contribution in [3.05, 3.63) is 34.9 Å². The van der Waals surface area contributed by atoms with Crippen molar-refractivity contribution in [2.45, 2.75) is 18.4 Å². The molecule has 1 N–H and O–H groups in total. The molecule has 3 nitrogen and oxygen atoms in total. The quantitative estimate of drug-likeness (QED) is 0.748. The number of fused-ring (bicyclic) bond motifs is 1. The monoisotopic (exact) mass is 228 g/mol. The Morgan fingerprint density at radius 2 is 2.25 bits per heavy atom. The number of alkyl halides is 2. The standard InChI is InChI=1S/C11H10F2O3/c1-16-10(15)6-2-3-8-7(4-6)9(14)5-11(8,12)13/h2-4,9,14H,5H2,1H3/t9-/m1/s1. The molecule has 86 valence electrons. The van der Waals surface area contributed by atoms with Crippen LogP contribution in [0.4, 0.5) is 8.78 Å². The van der Waals surface area contributed by atoms with E-state index in [2.05, 4.69) is 4.74 Å². The molecule has 0 saturated carbocycles. The van der Waals surface area contributed by atoms with E-state index in [0.717, 1.165) is 6.07 Å². The first kappa shape index (κ1) is 11.0. The molecule has 0 saturated heterocycles. The zero-order valence-electron chi connectivity index (χ0n) is 8.54. The minimum absolute atomic E-state index is 0.105. The smallest absolute Gasteiger partial charge is 0.337 e. The fraction of sp³-hybridized carbons (Fsp3) is 0.364. The molecule has 0 heterocycles. The molecule has 2 rings (SSSR count). The number of esters is 1. The summed E-state index contributed by atoms with van der Waals surface area (Å²) in [6, 6.07) is 3.70. The van der Waals surface area contributed by atoms with E-state index in [0.29, 0.717) is 0 Å². The van der Waals surface area contributed by atoms with Crippen LogP contribution in [-0.4, -0.2) is 18.2 Å². The lowest BCUT2D eigenvalue weighted by atomic mass is 10.0. The van der Waals surface area contributed by atoms with E-state index < -0.39 is 24.4 Å². The second-order valence-corrected chi connectivity index (χ2v) is 3.72. The Bertz CT molecular complexity index is 443. The molecule has 0 aliphatic heterocycles. The fourth-order valence-electron chi connectivity index (χ4n) is 1.88. The highest BCUT2D eigenvalue weighted by Crippen LogP contribution is 2.47. The zero-order chi connectivity index (χ0) is 11.9. The van der Waals surface area contributed by atoms with Crippen molar-refractivity contribution in [1.29, 1.82) is 0 Å². The van der Waals surface area contributed by atoms with Gasteiger partial charge in [-0.15, -0.1) is 0 Å². The second kappa shape index (κ2) is 3.52. The molecule has 0 spiro atoms. The summed E-state index contributed by atoms with van der Waals surface area (Å²) in [5.41, 5.74) is 0.0542.